The number of rotatable bonds is 8. The normalized spacial score (nSPS) is 12.3. The number of ether oxygens (including phenoxy) is 1. The summed E-state index contributed by atoms with van der Waals surface area (Å²) >= 11 is 0. The third-order valence-electron chi connectivity index (χ3n) is 2.56. The minimum Gasteiger partial charge on any atom is -0.370 e. The molecule has 1 rings (SSSR count). The number of nitrogens with one attached hydrogen (secondary N) is 1. The number of halogens is 1. The predicted octanol–water partition coefficient (Wildman–Crippen LogP) is 1.37. The fourth-order valence-electron chi connectivity index (χ4n) is 1.67. The maximum atomic E-state index is 12.8. The second-order valence-electron chi connectivity index (χ2n) is 3.99. The highest BCUT2D eigenvalue weighted by Gasteiger charge is 2.08. The molecule has 0 spiro atoms. The fourth-order valence-corrected chi connectivity index (χ4v) is 1.67. The number of primary amides is 1. The number of carbonyl (C=O) groups excluding carboxylic acids is 1. The summed E-state index contributed by atoms with van der Waals surface area (Å²) in [6.07, 6.45) is 0.890. The standard InChI is InChI=1S/C13H19FN2O2/c1-2-12(10-3-5-11(14)6-4-10)16-7-8-18-9-13(15)17/h3-6,12,16H,2,7-9H2,1H3,(H2,15,17). The predicted molar refractivity (Wildman–Crippen MR) is 67.4 cm³/mol. The van der Waals surface area contributed by atoms with E-state index in [1.165, 1.54) is 12.1 Å². The Balaban J connectivity index is 2.33. The Kier molecular flexibility index (Phi) is 6.32. The maximum Gasteiger partial charge on any atom is 0.243 e. The largest absolute Gasteiger partial charge is 0.370 e. The van der Waals surface area contributed by atoms with Gasteiger partial charge in [0, 0.05) is 12.6 Å². The van der Waals surface area contributed by atoms with Crippen molar-refractivity contribution in [3.63, 3.8) is 0 Å². The van der Waals surface area contributed by atoms with E-state index in [1.54, 1.807) is 12.1 Å². The van der Waals surface area contributed by atoms with Gasteiger partial charge in [-0.25, -0.2) is 4.39 Å². The molecule has 0 aliphatic heterocycles. The van der Waals surface area contributed by atoms with E-state index in [4.69, 9.17) is 10.5 Å². The van der Waals surface area contributed by atoms with Crippen molar-refractivity contribution in [3.05, 3.63) is 35.6 Å². The Morgan fingerprint density at radius 3 is 2.67 bits per heavy atom. The van der Waals surface area contributed by atoms with Crippen LogP contribution in [-0.2, 0) is 9.53 Å². The first-order chi connectivity index (χ1) is 8.63. The van der Waals surface area contributed by atoms with Crippen LogP contribution in [0.1, 0.15) is 24.9 Å². The van der Waals surface area contributed by atoms with Crippen molar-refractivity contribution >= 4 is 5.91 Å². The van der Waals surface area contributed by atoms with E-state index < -0.39 is 5.91 Å². The van der Waals surface area contributed by atoms with Gasteiger partial charge in [-0.1, -0.05) is 19.1 Å². The lowest BCUT2D eigenvalue weighted by molar-refractivity contribution is -0.122. The molecule has 0 fully saturated rings. The van der Waals surface area contributed by atoms with Gasteiger partial charge in [0.25, 0.3) is 0 Å². The van der Waals surface area contributed by atoms with Crippen LogP contribution in [0.5, 0.6) is 0 Å². The van der Waals surface area contributed by atoms with Crippen molar-refractivity contribution in [2.24, 2.45) is 5.73 Å². The summed E-state index contributed by atoms with van der Waals surface area (Å²) < 4.78 is 17.8. The highest BCUT2D eigenvalue weighted by Crippen LogP contribution is 2.16. The smallest absolute Gasteiger partial charge is 0.243 e. The molecule has 3 N–H and O–H groups in total. The monoisotopic (exact) mass is 254 g/mol. The van der Waals surface area contributed by atoms with Crippen molar-refractivity contribution in [1.29, 1.82) is 0 Å². The molecule has 1 atom stereocenters. The molecule has 1 aromatic carbocycles. The first-order valence-corrected chi connectivity index (χ1v) is 5.98. The maximum absolute atomic E-state index is 12.8. The highest BCUT2D eigenvalue weighted by molar-refractivity contribution is 5.74. The molecule has 5 heteroatoms. The van der Waals surface area contributed by atoms with Crippen molar-refractivity contribution in [1.82, 2.24) is 5.32 Å². The van der Waals surface area contributed by atoms with Gasteiger partial charge in [0.05, 0.1) is 6.61 Å². The zero-order valence-corrected chi connectivity index (χ0v) is 10.5. The first-order valence-electron chi connectivity index (χ1n) is 5.98. The molecule has 1 amide bonds. The molecule has 0 radical (unpaired) electrons. The van der Waals surface area contributed by atoms with Crippen molar-refractivity contribution in [3.8, 4) is 0 Å². The summed E-state index contributed by atoms with van der Waals surface area (Å²) in [7, 11) is 0. The highest BCUT2D eigenvalue weighted by atomic mass is 19.1. The molecule has 0 saturated carbocycles. The number of benzene rings is 1. The molecule has 0 heterocycles. The topological polar surface area (TPSA) is 64.3 Å². The van der Waals surface area contributed by atoms with E-state index in [0.29, 0.717) is 13.2 Å². The Morgan fingerprint density at radius 2 is 2.11 bits per heavy atom. The van der Waals surface area contributed by atoms with Gasteiger partial charge in [0.2, 0.25) is 5.91 Å². The van der Waals surface area contributed by atoms with Crippen molar-refractivity contribution in [2.75, 3.05) is 19.8 Å². The zero-order valence-electron chi connectivity index (χ0n) is 10.5. The summed E-state index contributed by atoms with van der Waals surface area (Å²) in [6.45, 7) is 3.02. The molecule has 1 unspecified atom stereocenters. The van der Waals surface area contributed by atoms with Gasteiger partial charge in [-0.2, -0.15) is 0 Å². The third-order valence-corrected chi connectivity index (χ3v) is 2.56. The molecule has 0 saturated heterocycles. The van der Waals surface area contributed by atoms with Crippen LogP contribution in [0.15, 0.2) is 24.3 Å². The second kappa shape index (κ2) is 7.79. The van der Waals surface area contributed by atoms with Crippen LogP contribution in [0.3, 0.4) is 0 Å². The van der Waals surface area contributed by atoms with E-state index >= 15 is 0 Å². The minimum atomic E-state index is -0.472. The van der Waals surface area contributed by atoms with E-state index in [1.807, 2.05) is 6.92 Å². The van der Waals surface area contributed by atoms with Crippen LogP contribution in [0.25, 0.3) is 0 Å². The molecular formula is C13H19FN2O2. The van der Waals surface area contributed by atoms with Crippen LogP contribution < -0.4 is 11.1 Å². The molecule has 0 bridgehead atoms. The number of hydrogen-bond donors (Lipinski definition) is 2. The summed E-state index contributed by atoms with van der Waals surface area (Å²) in [5.41, 5.74) is 5.98. The lowest BCUT2D eigenvalue weighted by Crippen LogP contribution is -2.27. The quantitative estimate of drug-likeness (QED) is 0.689. The molecule has 0 aromatic heterocycles. The number of carbonyl (C=O) groups is 1. The molecule has 18 heavy (non-hydrogen) atoms. The van der Waals surface area contributed by atoms with E-state index in [9.17, 15) is 9.18 Å². The van der Waals surface area contributed by atoms with Gasteiger partial charge < -0.3 is 15.8 Å². The van der Waals surface area contributed by atoms with Crippen LogP contribution in [0.2, 0.25) is 0 Å². The Morgan fingerprint density at radius 1 is 1.44 bits per heavy atom. The lowest BCUT2D eigenvalue weighted by Gasteiger charge is -2.17. The summed E-state index contributed by atoms with van der Waals surface area (Å²) in [5, 5.41) is 3.28. The van der Waals surface area contributed by atoms with Gasteiger partial charge >= 0.3 is 0 Å². The third kappa shape index (κ3) is 5.25. The van der Waals surface area contributed by atoms with Gasteiger partial charge in [0.1, 0.15) is 12.4 Å². The van der Waals surface area contributed by atoms with Crippen LogP contribution in [0, 0.1) is 5.82 Å². The van der Waals surface area contributed by atoms with Gasteiger partial charge in [-0.05, 0) is 24.1 Å². The SMILES string of the molecule is CCC(NCCOCC(N)=O)c1ccc(F)cc1. The minimum absolute atomic E-state index is 0.0605. The number of amides is 1. The fraction of sp³-hybridized carbons (Fsp3) is 0.462. The number of hydrogen-bond acceptors (Lipinski definition) is 3. The Hall–Kier alpha value is -1.46. The lowest BCUT2D eigenvalue weighted by atomic mass is 10.0. The van der Waals surface area contributed by atoms with E-state index in [2.05, 4.69) is 5.32 Å². The molecule has 0 aliphatic carbocycles. The molecule has 1 aromatic rings. The zero-order chi connectivity index (χ0) is 13.4. The molecule has 4 nitrogen and oxygen atoms in total. The molecule has 100 valence electrons. The average Bonchev–Trinajstić information content (AvgIpc) is 2.35. The second-order valence-corrected chi connectivity index (χ2v) is 3.99. The van der Waals surface area contributed by atoms with Gasteiger partial charge in [-0.3, -0.25) is 4.79 Å². The van der Waals surface area contributed by atoms with E-state index in [-0.39, 0.29) is 18.5 Å². The molecule has 0 aliphatic rings. The van der Waals surface area contributed by atoms with Gasteiger partial charge in [-0.15, -0.1) is 0 Å². The van der Waals surface area contributed by atoms with Crippen LogP contribution in [0.4, 0.5) is 4.39 Å². The molecular weight excluding hydrogens is 235 g/mol. The first kappa shape index (κ1) is 14.6. The Bertz CT molecular complexity index is 368. The van der Waals surface area contributed by atoms with Crippen molar-refractivity contribution < 1.29 is 13.9 Å². The van der Waals surface area contributed by atoms with E-state index in [0.717, 1.165) is 12.0 Å². The van der Waals surface area contributed by atoms with Crippen LogP contribution in [-0.4, -0.2) is 25.7 Å². The van der Waals surface area contributed by atoms with Gasteiger partial charge in [0.15, 0.2) is 0 Å². The van der Waals surface area contributed by atoms with Crippen molar-refractivity contribution in [2.45, 2.75) is 19.4 Å². The number of nitrogens with two attached hydrogens (primary N) is 1. The summed E-state index contributed by atoms with van der Waals surface area (Å²) in [4.78, 5) is 10.4. The summed E-state index contributed by atoms with van der Waals surface area (Å²) in [6, 6.07) is 6.58. The van der Waals surface area contributed by atoms with Crippen LogP contribution >= 0.6 is 0 Å². The summed E-state index contributed by atoms with van der Waals surface area (Å²) in [5.74, 6) is -0.709. The average molecular weight is 254 g/mol. The Labute approximate surface area is 106 Å².